The number of benzene rings is 1. The van der Waals surface area contributed by atoms with Gasteiger partial charge in [0.05, 0.1) is 24.5 Å². The number of unbranched alkanes of at least 4 members (excludes halogenated alkanes) is 1. The number of aromatic nitrogens is 2. The number of thioether (sulfide) groups is 1. The van der Waals surface area contributed by atoms with Gasteiger partial charge in [-0.1, -0.05) is 49.4 Å². The van der Waals surface area contributed by atoms with Gasteiger partial charge in [0.25, 0.3) is 0 Å². The zero-order chi connectivity index (χ0) is 20.0. The van der Waals surface area contributed by atoms with Crippen LogP contribution in [0.4, 0.5) is 0 Å². The van der Waals surface area contributed by atoms with E-state index in [1.807, 2.05) is 24.3 Å². The first-order chi connectivity index (χ1) is 13.5. The van der Waals surface area contributed by atoms with Gasteiger partial charge in [-0.3, -0.25) is 9.79 Å². The van der Waals surface area contributed by atoms with Gasteiger partial charge in [-0.2, -0.15) is 0 Å². The molecule has 1 aliphatic rings. The van der Waals surface area contributed by atoms with E-state index >= 15 is 0 Å². The van der Waals surface area contributed by atoms with E-state index in [2.05, 4.69) is 28.8 Å². The summed E-state index contributed by atoms with van der Waals surface area (Å²) >= 11 is 1.58. The summed E-state index contributed by atoms with van der Waals surface area (Å²) in [6, 6.07) is 8.00. The summed E-state index contributed by atoms with van der Waals surface area (Å²) in [5, 5.41) is 0.617. The maximum Gasteiger partial charge on any atom is 0.232 e. The summed E-state index contributed by atoms with van der Waals surface area (Å²) < 4.78 is 5.49. The lowest BCUT2D eigenvalue weighted by atomic mass is 9.88. The number of nitrogens with zero attached hydrogens (tertiary/aromatic N) is 3. The molecule has 1 aromatic carbocycles. The van der Waals surface area contributed by atoms with Crippen molar-refractivity contribution < 1.29 is 9.53 Å². The molecule has 0 saturated carbocycles. The number of carbonyl (C=O) groups excluding carboxylic acids is 1. The van der Waals surface area contributed by atoms with Gasteiger partial charge in [-0.05, 0) is 30.9 Å². The Kier molecular flexibility index (Phi) is 6.67. The topological polar surface area (TPSA) is 90.5 Å². The third-order valence-corrected chi connectivity index (χ3v) is 5.57. The highest BCUT2D eigenvalue weighted by atomic mass is 32.2. The quantitative estimate of drug-likeness (QED) is 0.538. The highest BCUT2D eigenvalue weighted by Crippen LogP contribution is 2.35. The Morgan fingerprint density at radius 3 is 2.89 bits per heavy atom. The summed E-state index contributed by atoms with van der Waals surface area (Å²) in [5.74, 6) is 1.32. The van der Waals surface area contributed by atoms with Gasteiger partial charge in [0.2, 0.25) is 5.88 Å². The van der Waals surface area contributed by atoms with Crippen LogP contribution in [-0.4, -0.2) is 33.3 Å². The van der Waals surface area contributed by atoms with Gasteiger partial charge < -0.3 is 10.5 Å². The molecule has 6 nitrogen and oxygen atoms in total. The van der Waals surface area contributed by atoms with Crippen LogP contribution in [0.3, 0.4) is 0 Å². The van der Waals surface area contributed by atoms with Crippen molar-refractivity contribution in [2.75, 3.05) is 12.4 Å². The first-order valence-electron chi connectivity index (χ1n) is 9.56. The molecule has 2 N–H and O–H groups in total. The summed E-state index contributed by atoms with van der Waals surface area (Å²) in [4.78, 5) is 25.6. The van der Waals surface area contributed by atoms with Crippen LogP contribution in [0.5, 0.6) is 5.88 Å². The van der Waals surface area contributed by atoms with Gasteiger partial charge in [0, 0.05) is 12.2 Å². The minimum Gasteiger partial charge on any atom is -0.477 e. The van der Waals surface area contributed by atoms with Gasteiger partial charge in [0.15, 0.2) is 11.0 Å². The van der Waals surface area contributed by atoms with Crippen LogP contribution in [0.2, 0.25) is 0 Å². The molecule has 7 heteroatoms. The molecule has 0 amide bonds. The van der Waals surface area contributed by atoms with Crippen molar-refractivity contribution in [2.45, 2.75) is 45.1 Å². The molecule has 1 aliphatic heterocycles. The van der Waals surface area contributed by atoms with E-state index in [-0.39, 0.29) is 17.7 Å². The zero-order valence-corrected chi connectivity index (χ0v) is 17.2. The molecule has 3 rings (SSSR count). The number of hydrogen-bond acceptors (Lipinski definition) is 7. The van der Waals surface area contributed by atoms with Crippen LogP contribution in [-0.2, 0) is 12.0 Å². The smallest absolute Gasteiger partial charge is 0.232 e. The molecule has 2 heterocycles. The normalized spacial score (nSPS) is 19.1. The van der Waals surface area contributed by atoms with E-state index in [0.717, 1.165) is 36.1 Å². The summed E-state index contributed by atoms with van der Waals surface area (Å²) in [6.07, 6.45) is 6.20. The molecule has 148 valence electrons. The molecule has 0 spiro atoms. The number of ether oxygens (including phenoxy) is 1. The number of carbonyl (C=O) groups is 1. The molecule has 1 atom stereocenters. The molecule has 0 fully saturated rings. The fourth-order valence-corrected chi connectivity index (χ4v) is 4.02. The highest BCUT2D eigenvalue weighted by molar-refractivity contribution is 8.13. The lowest BCUT2D eigenvalue weighted by molar-refractivity contribution is 0.0987. The number of hydrogen-bond donors (Lipinski definition) is 1. The number of amidine groups is 1. The molecular weight excluding hydrogens is 372 g/mol. The van der Waals surface area contributed by atoms with Gasteiger partial charge in [-0.25, -0.2) is 9.97 Å². The third-order valence-electron chi connectivity index (χ3n) is 4.77. The number of nitrogens with two attached hydrogens (primary N) is 1. The number of aliphatic imine (C=N–C) groups is 1. The molecule has 1 unspecified atom stereocenters. The van der Waals surface area contributed by atoms with Crippen molar-refractivity contribution in [3.8, 4) is 5.88 Å². The van der Waals surface area contributed by atoms with Gasteiger partial charge in [-0.15, -0.1) is 0 Å². The van der Waals surface area contributed by atoms with Crippen LogP contribution < -0.4 is 10.5 Å². The van der Waals surface area contributed by atoms with E-state index in [1.165, 1.54) is 12.4 Å². The second kappa shape index (κ2) is 9.19. The minimum atomic E-state index is -0.342. The van der Waals surface area contributed by atoms with Crippen LogP contribution in [0.25, 0.3) is 0 Å². The first-order valence-corrected chi connectivity index (χ1v) is 10.5. The summed E-state index contributed by atoms with van der Waals surface area (Å²) in [7, 11) is 0. The third kappa shape index (κ3) is 5.10. The van der Waals surface area contributed by atoms with E-state index in [9.17, 15) is 4.79 Å². The van der Waals surface area contributed by atoms with Crippen molar-refractivity contribution in [1.82, 2.24) is 9.97 Å². The Hall–Kier alpha value is -2.41. The molecule has 1 aromatic heterocycles. The fraction of sp³-hybridized carbons (Fsp3) is 0.429. The van der Waals surface area contributed by atoms with Crippen molar-refractivity contribution in [3.05, 3.63) is 53.5 Å². The van der Waals surface area contributed by atoms with Crippen LogP contribution >= 0.6 is 11.8 Å². The Morgan fingerprint density at radius 1 is 1.32 bits per heavy atom. The van der Waals surface area contributed by atoms with E-state index in [0.29, 0.717) is 23.3 Å². The lowest BCUT2D eigenvalue weighted by Gasteiger charge is -2.30. The first kappa shape index (κ1) is 20.3. The van der Waals surface area contributed by atoms with Crippen molar-refractivity contribution in [3.63, 3.8) is 0 Å². The Balaban J connectivity index is 1.68. The second-order valence-corrected chi connectivity index (χ2v) is 8.18. The average molecular weight is 399 g/mol. The van der Waals surface area contributed by atoms with E-state index in [4.69, 9.17) is 10.5 Å². The van der Waals surface area contributed by atoms with E-state index < -0.39 is 0 Å². The maximum atomic E-state index is 12.6. The lowest BCUT2D eigenvalue weighted by Crippen LogP contribution is -2.28. The maximum absolute atomic E-state index is 12.6. The molecular formula is C21H26N4O2S. The minimum absolute atomic E-state index is 0.0721. The fourth-order valence-electron chi connectivity index (χ4n) is 3.04. The molecule has 0 radical (unpaired) electrons. The van der Waals surface area contributed by atoms with Crippen molar-refractivity contribution >= 4 is 22.7 Å². The predicted molar refractivity (Wildman–Crippen MR) is 113 cm³/mol. The average Bonchev–Trinajstić information content (AvgIpc) is 2.69. The number of Topliss-reactive ketones (excluding diaryl/α,β-unsaturated/α-hetero) is 1. The summed E-state index contributed by atoms with van der Waals surface area (Å²) in [6.45, 7) is 4.79. The Labute approximate surface area is 170 Å². The predicted octanol–water partition coefficient (Wildman–Crippen LogP) is 3.75. The van der Waals surface area contributed by atoms with Gasteiger partial charge >= 0.3 is 0 Å². The Morgan fingerprint density at radius 2 is 2.18 bits per heavy atom. The van der Waals surface area contributed by atoms with Crippen LogP contribution in [0.15, 0.2) is 41.7 Å². The standard InChI is InChI=1S/C21H26N4O2S/c1-3-4-9-27-19-14-23-17(13-24-19)18(26)12-15-6-5-7-16(11-15)21(2)8-10-28-20(22)25-21/h5-7,11,13-14H,3-4,8-10,12H2,1-2H3,(H2,22,25). The molecule has 0 aliphatic carbocycles. The number of ketones is 1. The SMILES string of the molecule is CCCCOc1cnc(C(=O)Cc2cccc(C3(C)CCSC(N)=N3)c2)cn1. The zero-order valence-electron chi connectivity index (χ0n) is 16.4. The summed E-state index contributed by atoms with van der Waals surface area (Å²) in [5.41, 5.74) is 7.94. The van der Waals surface area contributed by atoms with Crippen molar-refractivity contribution in [2.24, 2.45) is 10.7 Å². The van der Waals surface area contributed by atoms with Crippen LogP contribution in [0.1, 0.15) is 54.7 Å². The van der Waals surface area contributed by atoms with Gasteiger partial charge in [0.1, 0.15) is 5.69 Å². The number of rotatable bonds is 8. The molecule has 0 bridgehead atoms. The molecule has 2 aromatic rings. The van der Waals surface area contributed by atoms with Crippen molar-refractivity contribution in [1.29, 1.82) is 0 Å². The van der Waals surface area contributed by atoms with E-state index in [1.54, 1.807) is 11.8 Å². The molecule has 28 heavy (non-hydrogen) atoms. The largest absolute Gasteiger partial charge is 0.477 e. The highest BCUT2D eigenvalue weighted by Gasteiger charge is 2.29. The second-order valence-electron chi connectivity index (χ2n) is 7.06. The molecule has 0 saturated heterocycles. The Bertz CT molecular complexity index is 854. The monoisotopic (exact) mass is 398 g/mol. The van der Waals surface area contributed by atoms with Crippen LogP contribution in [0, 0.1) is 0 Å².